The summed E-state index contributed by atoms with van der Waals surface area (Å²) in [5.41, 5.74) is 0. The number of allylic oxidation sites excluding steroid dienone is 1. The zero-order valence-electron chi connectivity index (χ0n) is 12.6. The third-order valence-electron chi connectivity index (χ3n) is 4.06. The molecular weight excluding hydrogens is 260 g/mol. The van der Waals surface area contributed by atoms with Crippen LogP contribution < -0.4 is 0 Å². The molecule has 3 rings (SSSR count). The third-order valence-corrected chi connectivity index (χ3v) is 4.06. The van der Waals surface area contributed by atoms with Crippen molar-refractivity contribution < 1.29 is 23.7 Å². The van der Waals surface area contributed by atoms with E-state index in [1.807, 2.05) is 33.8 Å². The lowest BCUT2D eigenvalue weighted by molar-refractivity contribution is -0.226. The van der Waals surface area contributed by atoms with Crippen LogP contribution in [0.2, 0.25) is 0 Å². The zero-order valence-corrected chi connectivity index (χ0v) is 12.6. The van der Waals surface area contributed by atoms with Crippen LogP contribution >= 0.6 is 0 Å². The monoisotopic (exact) mass is 284 g/mol. The highest BCUT2D eigenvalue weighted by atomic mass is 16.8. The molecule has 3 saturated heterocycles. The highest BCUT2D eigenvalue weighted by molar-refractivity contribution is 4.99. The van der Waals surface area contributed by atoms with Gasteiger partial charge in [-0.3, -0.25) is 0 Å². The minimum absolute atomic E-state index is 0.0692. The van der Waals surface area contributed by atoms with E-state index in [1.165, 1.54) is 0 Å². The number of ether oxygens (including phenoxy) is 5. The smallest absolute Gasteiger partial charge is 0.187 e. The fourth-order valence-corrected chi connectivity index (χ4v) is 3.30. The minimum Gasteiger partial charge on any atom is -0.348 e. The van der Waals surface area contributed by atoms with Crippen LogP contribution in [0, 0.1) is 5.92 Å². The predicted octanol–water partition coefficient (Wildman–Crippen LogP) is 2.21. The summed E-state index contributed by atoms with van der Waals surface area (Å²) in [5.74, 6) is -0.959. The van der Waals surface area contributed by atoms with E-state index in [0.717, 1.165) is 6.42 Å². The van der Waals surface area contributed by atoms with Crippen molar-refractivity contribution in [3.63, 3.8) is 0 Å². The summed E-state index contributed by atoms with van der Waals surface area (Å²) in [6, 6.07) is 0. The number of fused-ring (bicyclic) bond motifs is 1. The molecule has 3 fully saturated rings. The van der Waals surface area contributed by atoms with Gasteiger partial charge < -0.3 is 23.7 Å². The Bertz CT molecular complexity index is 392. The van der Waals surface area contributed by atoms with E-state index in [1.54, 1.807) is 0 Å². The Kier molecular flexibility index (Phi) is 3.46. The van der Waals surface area contributed by atoms with Gasteiger partial charge >= 0.3 is 0 Å². The van der Waals surface area contributed by atoms with Crippen LogP contribution in [0.4, 0.5) is 0 Å². The Hall–Kier alpha value is -0.460. The molecule has 0 aromatic carbocycles. The van der Waals surface area contributed by atoms with E-state index in [0.29, 0.717) is 6.61 Å². The maximum absolute atomic E-state index is 6.06. The lowest BCUT2D eigenvalue weighted by Crippen LogP contribution is -2.39. The van der Waals surface area contributed by atoms with Gasteiger partial charge in [-0.1, -0.05) is 6.08 Å². The van der Waals surface area contributed by atoms with Gasteiger partial charge in [0.1, 0.15) is 12.2 Å². The first kappa shape index (κ1) is 14.5. The Morgan fingerprint density at radius 2 is 1.80 bits per heavy atom. The molecular formula is C15H24O5. The van der Waals surface area contributed by atoms with Crippen LogP contribution in [0.5, 0.6) is 0 Å². The van der Waals surface area contributed by atoms with E-state index in [2.05, 4.69) is 6.58 Å². The molecule has 0 spiro atoms. The quantitative estimate of drug-likeness (QED) is 0.744. The minimum atomic E-state index is -0.591. The van der Waals surface area contributed by atoms with Crippen molar-refractivity contribution in [2.45, 2.75) is 70.3 Å². The second-order valence-electron chi connectivity index (χ2n) is 6.62. The summed E-state index contributed by atoms with van der Waals surface area (Å²) in [5, 5.41) is 0. The maximum Gasteiger partial charge on any atom is 0.187 e. The Morgan fingerprint density at radius 3 is 2.40 bits per heavy atom. The average molecular weight is 284 g/mol. The summed E-state index contributed by atoms with van der Waals surface area (Å²) in [6.07, 6.45) is 2.15. The summed E-state index contributed by atoms with van der Waals surface area (Å²) in [4.78, 5) is 0. The van der Waals surface area contributed by atoms with E-state index < -0.39 is 11.6 Å². The molecule has 3 aliphatic rings. The highest BCUT2D eigenvalue weighted by Gasteiger charge is 2.57. The number of rotatable bonds is 3. The molecule has 114 valence electrons. The molecule has 0 bridgehead atoms. The van der Waals surface area contributed by atoms with Crippen molar-refractivity contribution in [1.29, 1.82) is 0 Å². The lowest BCUT2D eigenvalue weighted by atomic mass is 9.91. The molecule has 0 aromatic rings. The zero-order chi connectivity index (χ0) is 14.5. The summed E-state index contributed by atoms with van der Waals surface area (Å²) in [7, 11) is 0. The Labute approximate surface area is 120 Å². The molecule has 3 aliphatic heterocycles. The van der Waals surface area contributed by atoms with Crippen molar-refractivity contribution in [2.24, 2.45) is 5.92 Å². The molecule has 5 heteroatoms. The molecule has 3 heterocycles. The molecule has 0 amide bonds. The van der Waals surface area contributed by atoms with Crippen LogP contribution in [-0.2, 0) is 23.7 Å². The second-order valence-corrected chi connectivity index (χ2v) is 6.62. The van der Waals surface area contributed by atoms with Gasteiger partial charge in [-0.05, 0) is 34.1 Å². The van der Waals surface area contributed by atoms with Crippen LogP contribution in [0.15, 0.2) is 12.7 Å². The van der Waals surface area contributed by atoms with Gasteiger partial charge in [0.05, 0.1) is 12.7 Å². The average Bonchev–Trinajstić information content (AvgIpc) is 2.91. The summed E-state index contributed by atoms with van der Waals surface area (Å²) >= 11 is 0. The first-order valence-electron chi connectivity index (χ1n) is 7.25. The Morgan fingerprint density at radius 1 is 1.05 bits per heavy atom. The molecule has 0 radical (unpaired) electrons. The molecule has 0 aliphatic carbocycles. The number of hydrogen-bond acceptors (Lipinski definition) is 5. The second kappa shape index (κ2) is 4.78. The molecule has 0 saturated carbocycles. The van der Waals surface area contributed by atoms with Gasteiger partial charge in [-0.15, -0.1) is 6.58 Å². The summed E-state index contributed by atoms with van der Waals surface area (Å²) in [6.45, 7) is 12.0. The molecule has 5 nitrogen and oxygen atoms in total. The largest absolute Gasteiger partial charge is 0.348 e. The van der Waals surface area contributed by atoms with Gasteiger partial charge in [-0.25, -0.2) is 0 Å². The number of hydrogen-bond donors (Lipinski definition) is 0. The van der Waals surface area contributed by atoms with Gasteiger partial charge in [-0.2, -0.15) is 0 Å². The van der Waals surface area contributed by atoms with Crippen LogP contribution in [0.3, 0.4) is 0 Å². The van der Waals surface area contributed by atoms with E-state index in [4.69, 9.17) is 23.7 Å². The van der Waals surface area contributed by atoms with Crippen molar-refractivity contribution in [3.05, 3.63) is 12.7 Å². The van der Waals surface area contributed by atoms with E-state index in [9.17, 15) is 0 Å². The van der Waals surface area contributed by atoms with E-state index in [-0.39, 0.29) is 30.5 Å². The van der Waals surface area contributed by atoms with Gasteiger partial charge in [0.2, 0.25) is 0 Å². The standard InChI is InChI=1S/C15H24O5/c1-6-7-9-11(10-8-16-14(2,3)18-10)17-13-12(9)19-15(4,5)20-13/h6,9-13H,1,7-8H2,2-5H3/t9-,10+,11-,12+,13-/m0/s1. The van der Waals surface area contributed by atoms with Crippen molar-refractivity contribution in [2.75, 3.05) is 6.61 Å². The molecule has 20 heavy (non-hydrogen) atoms. The predicted molar refractivity (Wildman–Crippen MR) is 71.9 cm³/mol. The maximum atomic E-state index is 6.06. The van der Waals surface area contributed by atoms with Crippen LogP contribution in [0.1, 0.15) is 34.1 Å². The SMILES string of the molecule is C=CC[C@@H]1[C@H]2OC(C)(C)O[C@@H]2O[C@@H]1[C@H]1COC(C)(C)O1. The fourth-order valence-electron chi connectivity index (χ4n) is 3.30. The first-order valence-corrected chi connectivity index (χ1v) is 7.25. The van der Waals surface area contributed by atoms with Gasteiger partial charge in [0, 0.05) is 5.92 Å². The van der Waals surface area contributed by atoms with Crippen molar-refractivity contribution in [3.8, 4) is 0 Å². The fraction of sp³-hybridized carbons (Fsp3) is 0.867. The van der Waals surface area contributed by atoms with Crippen molar-refractivity contribution in [1.82, 2.24) is 0 Å². The van der Waals surface area contributed by atoms with Crippen molar-refractivity contribution >= 4 is 0 Å². The van der Waals surface area contributed by atoms with Crippen LogP contribution in [0.25, 0.3) is 0 Å². The van der Waals surface area contributed by atoms with E-state index >= 15 is 0 Å². The normalized spacial score (nSPS) is 45.5. The summed E-state index contributed by atoms with van der Waals surface area (Å²) < 4.78 is 29.4. The molecule has 0 N–H and O–H groups in total. The lowest BCUT2D eigenvalue weighted by Gasteiger charge is -2.28. The Balaban J connectivity index is 1.75. The molecule has 0 aromatic heterocycles. The first-order chi connectivity index (χ1) is 9.31. The molecule has 0 unspecified atom stereocenters. The van der Waals surface area contributed by atoms with Gasteiger partial charge in [0.15, 0.2) is 17.9 Å². The third kappa shape index (κ3) is 2.53. The van der Waals surface area contributed by atoms with Gasteiger partial charge in [0.25, 0.3) is 0 Å². The highest BCUT2D eigenvalue weighted by Crippen LogP contribution is 2.45. The molecule has 5 atom stereocenters. The van der Waals surface area contributed by atoms with Crippen LogP contribution in [-0.4, -0.2) is 42.8 Å². The topological polar surface area (TPSA) is 46.2 Å².